The summed E-state index contributed by atoms with van der Waals surface area (Å²) in [6.07, 6.45) is 0.834. The lowest BCUT2D eigenvalue weighted by Gasteiger charge is -2.00. The molecular formula is C10H10N2O4S. The molecule has 90 valence electrons. The van der Waals surface area contributed by atoms with Gasteiger partial charge in [0, 0.05) is 5.56 Å². The van der Waals surface area contributed by atoms with E-state index in [0.717, 1.165) is 6.26 Å². The molecule has 0 saturated carbocycles. The number of nitriles is 1. The van der Waals surface area contributed by atoms with Crippen LogP contribution >= 0.6 is 0 Å². The highest BCUT2D eigenvalue weighted by Crippen LogP contribution is 2.06. The summed E-state index contributed by atoms with van der Waals surface area (Å²) in [6.45, 7) is -0.112. The topological polar surface area (TPSA) is 99.8 Å². The van der Waals surface area contributed by atoms with Crippen molar-refractivity contribution in [2.45, 2.75) is 6.61 Å². The minimum atomic E-state index is -3.73. The summed E-state index contributed by atoms with van der Waals surface area (Å²) < 4.78 is 25.6. The van der Waals surface area contributed by atoms with Crippen molar-refractivity contribution >= 4 is 15.8 Å². The summed E-state index contributed by atoms with van der Waals surface area (Å²) in [5.41, 5.74) is 0.934. The van der Waals surface area contributed by atoms with Crippen LogP contribution in [0.2, 0.25) is 0 Å². The SMILES string of the molecule is CS(=O)(=O)O/N=C(\C#N)c1ccc(CO)cc1. The largest absolute Gasteiger partial charge is 0.392 e. The standard InChI is InChI=1S/C10H10N2O4S/c1-17(14,15)16-12-10(6-11)9-4-2-8(7-13)3-5-9/h2-5,13H,7H2,1H3/b12-10+. The Morgan fingerprint density at radius 2 is 2.06 bits per heavy atom. The van der Waals surface area contributed by atoms with E-state index in [1.54, 1.807) is 30.3 Å². The van der Waals surface area contributed by atoms with Gasteiger partial charge in [-0.05, 0) is 5.56 Å². The van der Waals surface area contributed by atoms with Crippen LogP contribution in [0.3, 0.4) is 0 Å². The molecule has 0 aromatic heterocycles. The van der Waals surface area contributed by atoms with E-state index in [2.05, 4.69) is 9.44 Å². The van der Waals surface area contributed by atoms with Gasteiger partial charge in [0.15, 0.2) is 5.71 Å². The van der Waals surface area contributed by atoms with Crippen LogP contribution in [0.25, 0.3) is 0 Å². The molecule has 1 aromatic rings. The zero-order valence-electron chi connectivity index (χ0n) is 8.99. The van der Waals surface area contributed by atoms with E-state index in [4.69, 9.17) is 10.4 Å². The molecule has 0 fully saturated rings. The van der Waals surface area contributed by atoms with E-state index in [1.807, 2.05) is 0 Å². The summed E-state index contributed by atoms with van der Waals surface area (Å²) in [7, 11) is -3.73. The number of hydrogen-bond donors (Lipinski definition) is 1. The third-order valence-electron chi connectivity index (χ3n) is 1.78. The van der Waals surface area contributed by atoms with Gasteiger partial charge in [-0.3, -0.25) is 4.28 Å². The maximum Gasteiger partial charge on any atom is 0.325 e. The highest BCUT2D eigenvalue weighted by molar-refractivity contribution is 7.85. The molecular weight excluding hydrogens is 244 g/mol. The van der Waals surface area contributed by atoms with Crippen molar-refractivity contribution in [3.8, 4) is 6.07 Å². The van der Waals surface area contributed by atoms with Gasteiger partial charge in [0.1, 0.15) is 6.07 Å². The first-order valence-corrected chi connectivity index (χ1v) is 6.35. The third-order valence-corrected chi connectivity index (χ3v) is 2.13. The average Bonchev–Trinajstić information content (AvgIpc) is 2.29. The van der Waals surface area contributed by atoms with E-state index in [1.165, 1.54) is 0 Å². The summed E-state index contributed by atoms with van der Waals surface area (Å²) in [5.74, 6) is 0. The second kappa shape index (κ2) is 5.43. The van der Waals surface area contributed by atoms with Crippen LogP contribution in [-0.4, -0.2) is 25.5 Å². The van der Waals surface area contributed by atoms with Gasteiger partial charge in [-0.1, -0.05) is 29.4 Å². The Bertz CT molecular complexity index is 555. The van der Waals surface area contributed by atoms with Crippen LogP contribution in [0, 0.1) is 11.3 Å². The zero-order chi connectivity index (χ0) is 12.9. The maximum atomic E-state index is 10.7. The second-order valence-corrected chi connectivity index (χ2v) is 4.74. The van der Waals surface area contributed by atoms with E-state index in [-0.39, 0.29) is 12.3 Å². The predicted molar refractivity (Wildman–Crippen MR) is 60.4 cm³/mol. The molecule has 0 amide bonds. The number of aliphatic hydroxyl groups excluding tert-OH is 1. The van der Waals surface area contributed by atoms with Gasteiger partial charge in [-0.15, -0.1) is 0 Å². The molecule has 0 heterocycles. The summed E-state index contributed by atoms with van der Waals surface area (Å²) in [4.78, 5) is 0. The molecule has 0 spiro atoms. The molecule has 0 aliphatic rings. The number of aliphatic hydroxyl groups is 1. The number of benzene rings is 1. The molecule has 0 saturated heterocycles. The Labute approximate surface area is 98.9 Å². The second-order valence-electron chi connectivity index (χ2n) is 3.19. The van der Waals surface area contributed by atoms with Crippen molar-refractivity contribution in [3.63, 3.8) is 0 Å². The summed E-state index contributed by atoms with van der Waals surface area (Å²) in [5, 5.41) is 20.9. The third kappa shape index (κ3) is 4.22. The predicted octanol–water partition coefficient (Wildman–Crippen LogP) is 0.383. The Balaban J connectivity index is 2.98. The Hall–Kier alpha value is -1.91. The van der Waals surface area contributed by atoms with Crippen LogP contribution in [0.15, 0.2) is 29.4 Å². The van der Waals surface area contributed by atoms with E-state index >= 15 is 0 Å². The van der Waals surface area contributed by atoms with Gasteiger partial charge in [0.2, 0.25) is 0 Å². The van der Waals surface area contributed by atoms with Crippen LogP contribution < -0.4 is 0 Å². The van der Waals surface area contributed by atoms with Gasteiger partial charge >= 0.3 is 10.1 Å². The molecule has 1 aromatic carbocycles. The molecule has 7 heteroatoms. The smallest absolute Gasteiger partial charge is 0.325 e. The normalized spacial score (nSPS) is 11.9. The van der Waals surface area contributed by atoms with Gasteiger partial charge in [0.05, 0.1) is 12.9 Å². The molecule has 17 heavy (non-hydrogen) atoms. The minimum Gasteiger partial charge on any atom is -0.392 e. The van der Waals surface area contributed by atoms with Crippen LogP contribution in [0.4, 0.5) is 0 Å². The maximum absolute atomic E-state index is 10.7. The fourth-order valence-corrected chi connectivity index (χ4v) is 1.22. The van der Waals surface area contributed by atoms with Crippen molar-refractivity contribution in [2.24, 2.45) is 5.16 Å². The lowest BCUT2D eigenvalue weighted by atomic mass is 10.1. The molecule has 0 bridgehead atoms. The number of nitrogens with zero attached hydrogens (tertiary/aromatic N) is 2. The van der Waals surface area contributed by atoms with Crippen LogP contribution in [0.5, 0.6) is 0 Å². The Morgan fingerprint density at radius 1 is 1.47 bits per heavy atom. The van der Waals surface area contributed by atoms with E-state index in [9.17, 15) is 8.42 Å². The van der Waals surface area contributed by atoms with Crippen molar-refractivity contribution in [2.75, 3.05) is 6.26 Å². The lowest BCUT2D eigenvalue weighted by Crippen LogP contribution is -2.03. The lowest BCUT2D eigenvalue weighted by molar-refractivity contribution is 0.282. The highest BCUT2D eigenvalue weighted by atomic mass is 32.2. The first-order chi connectivity index (χ1) is 7.96. The molecule has 0 radical (unpaired) electrons. The van der Waals surface area contributed by atoms with E-state index in [0.29, 0.717) is 11.1 Å². The summed E-state index contributed by atoms with van der Waals surface area (Å²) >= 11 is 0. The first kappa shape index (κ1) is 13.2. The van der Waals surface area contributed by atoms with Crippen LogP contribution in [-0.2, 0) is 21.0 Å². The van der Waals surface area contributed by atoms with Crippen molar-refractivity contribution in [3.05, 3.63) is 35.4 Å². The van der Waals surface area contributed by atoms with Crippen molar-refractivity contribution in [1.82, 2.24) is 0 Å². The first-order valence-electron chi connectivity index (χ1n) is 4.53. The molecule has 0 aliphatic heterocycles. The molecule has 0 atom stereocenters. The Kier molecular flexibility index (Phi) is 4.20. The summed E-state index contributed by atoms with van der Waals surface area (Å²) in [6, 6.07) is 8.01. The molecule has 0 aliphatic carbocycles. The molecule has 1 N–H and O–H groups in total. The van der Waals surface area contributed by atoms with E-state index < -0.39 is 10.1 Å². The fourth-order valence-electron chi connectivity index (χ4n) is 1.01. The van der Waals surface area contributed by atoms with Gasteiger partial charge in [-0.2, -0.15) is 13.7 Å². The molecule has 1 rings (SSSR count). The van der Waals surface area contributed by atoms with Gasteiger partial charge in [0.25, 0.3) is 0 Å². The average molecular weight is 254 g/mol. The van der Waals surface area contributed by atoms with Crippen molar-refractivity contribution in [1.29, 1.82) is 5.26 Å². The number of oxime groups is 1. The molecule has 6 nitrogen and oxygen atoms in total. The van der Waals surface area contributed by atoms with Crippen molar-refractivity contribution < 1.29 is 17.8 Å². The fraction of sp³-hybridized carbons (Fsp3) is 0.200. The van der Waals surface area contributed by atoms with Gasteiger partial charge in [-0.25, -0.2) is 0 Å². The van der Waals surface area contributed by atoms with Crippen LogP contribution in [0.1, 0.15) is 11.1 Å². The monoisotopic (exact) mass is 254 g/mol. The molecule has 0 unspecified atom stereocenters. The highest BCUT2D eigenvalue weighted by Gasteiger charge is 2.06. The number of rotatable bonds is 4. The zero-order valence-corrected chi connectivity index (χ0v) is 9.81. The number of hydrogen-bond acceptors (Lipinski definition) is 6. The van der Waals surface area contributed by atoms with Gasteiger partial charge < -0.3 is 5.11 Å². The quantitative estimate of drug-likeness (QED) is 0.618. The minimum absolute atomic E-state index is 0.112. The Morgan fingerprint density at radius 3 is 2.47 bits per heavy atom.